The maximum Gasteiger partial charge on any atom is 0.0795 e. The second-order valence-corrected chi connectivity index (χ2v) is 7.11. The zero-order valence-corrected chi connectivity index (χ0v) is 12.8. The van der Waals surface area contributed by atoms with Crippen molar-refractivity contribution in [1.82, 2.24) is 15.5 Å². The van der Waals surface area contributed by atoms with Gasteiger partial charge >= 0.3 is 0 Å². The van der Waals surface area contributed by atoms with E-state index in [1.807, 2.05) is 6.20 Å². The second-order valence-electron chi connectivity index (χ2n) is 6.02. The monoisotopic (exact) mass is 285 g/mol. The molecule has 3 nitrogen and oxygen atoms in total. The molecule has 0 unspecified atom stereocenters. The zero-order valence-electron chi connectivity index (χ0n) is 12.0. The van der Waals surface area contributed by atoms with Crippen LogP contribution in [0.15, 0.2) is 36.5 Å². The van der Waals surface area contributed by atoms with E-state index in [9.17, 15) is 0 Å². The molecule has 0 atom stereocenters. The Morgan fingerprint density at radius 3 is 2.80 bits per heavy atom. The van der Waals surface area contributed by atoms with Gasteiger partial charge in [0.2, 0.25) is 0 Å². The Morgan fingerprint density at radius 2 is 2.05 bits per heavy atom. The minimum absolute atomic E-state index is 0.106. The fourth-order valence-electron chi connectivity index (χ4n) is 2.12. The van der Waals surface area contributed by atoms with E-state index in [1.54, 1.807) is 11.3 Å². The second kappa shape index (κ2) is 5.04. The molecule has 0 amide bonds. The Kier molecular flexibility index (Phi) is 3.36. The topological polar surface area (TPSA) is 40.7 Å². The molecule has 20 heavy (non-hydrogen) atoms. The molecule has 0 aliphatic heterocycles. The van der Waals surface area contributed by atoms with E-state index in [0.717, 1.165) is 12.2 Å². The average Bonchev–Trinajstić information content (AvgIpc) is 3.01. The van der Waals surface area contributed by atoms with Crippen LogP contribution in [0.4, 0.5) is 0 Å². The number of hydrogen-bond acceptors (Lipinski definition) is 3. The van der Waals surface area contributed by atoms with Gasteiger partial charge in [-0.1, -0.05) is 18.2 Å². The third-order valence-electron chi connectivity index (χ3n) is 3.20. The number of hydrogen-bond donors (Lipinski definition) is 2. The molecule has 1 aromatic carbocycles. The lowest BCUT2D eigenvalue weighted by Crippen LogP contribution is -2.35. The SMILES string of the molecule is CC(C)(C)NCc1cn[nH]c1-c1cc2ccccc2s1. The van der Waals surface area contributed by atoms with Gasteiger partial charge in [0.15, 0.2) is 0 Å². The molecule has 4 heteroatoms. The van der Waals surface area contributed by atoms with Gasteiger partial charge in [-0.05, 0) is 38.3 Å². The average molecular weight is 285 g/mol. The van der Waals surface area contributed by atoms with E-state index in [0.29, 0.717) is 0 Å². The minimum Gasteiger partial charge on any atom is -0.308 e. The summed E-state index contributed by atoms with van der Waals surface area (Å²) in [6, 6.07) is 10.7. The van der Waals surface area contributed by atoms with Crippen molar-refractivity contribution < 1.29 is 0 Å². The molecule has 3 aromatic rings. The lowest BCUT2D eigenvalue weighted by atomic mass is 10.1. The lowest BCUT2D eigenvalue weighted by Gasteiger charge is -2.20. The van der Waals surface area contributed by atoms with E-state index in [-0.39, 0.29) is 5.54 Å². The lowest BCUT2D eigenvalue weighted by molar-refractivity contribution is 0.424. The van der Waals surface area contributed by atoms with Crippen LogP contribution in [0.5, 0.6) is 0 Å². The largest absolute Gasteiger partial charge is 0.308 e. The summed E-state index contributed by atoms with van der Waals surface area (Å²) >= 11 is 1.80. The fourth-order valence-corrected chi connectivity index (χ4v) is 3.22. The molecule has 3 rings (SSSR count). The summed E-state index contributed by atoms with van der Waals surface area (Å²) in [6.45, 7) is 7.34. The first-order valence-electron chi connectivity index (χ1n) is 6.79. The molecule has 0 radical (unpaired) electrons. The summed E-state index contributed by atoms with van der Waals surface area (Å²) in [4.78, 5) is 1.24. The minimum atomic E-state index is 0.106. The van der Waals surface area contributed by atoms with Crippen LogP contribution in [-0.2, 0) is 6.54 Å². The normalized spacial score (nSPS) is 12.2. The molecule has 104 valence electrons. The van der Waals surface area contributed by atoms with E-state index < -0.39 is 0 Å². The third kappa shape index (κ3) is 2.76. The smallest absolute Gasteiger partial charge is 0.0795 e. The van der Waals surface area contributed by atoms with Crippen molar-refractivity contribution in [3.63, 3.8) is 0 Å². The van der Waals surface area contributed by atoms with Crippen LogP contribution in [-0.4, -0.2) is 15.7 Å². The van der Waals surface area contributed by atoms with Gasteiger partial charge in [-0.25, -0.2) is 0 Å². The number of thiophene rings is 1. The van der Waals surface area contributed by atoms with Gasteiger partial charge in [0.05, 0.1) is 16.8 Å². The highest BCUT2D eigenvalue weighted by Crippen LogP contribution is 2.33. The summed E-state index contributed by atoms with van der Waals surface area (Å²) in [5.74, 6) is 0. The summed E-state index contributed by atoms with van der Waals surface area (Å²) in [5, 5.41) is 12.2. The Morgan fingerprint density at radius 1 is 1.25 bits per heavy atom. The number of fused-ring (bicyclic) bond motifs is 1. The predicted octanol–water partition coefficient (Wildman–Crippen LogP) is 4.18. The number of nitrogens with one attached hydrogen (secondary N) is 2. The van der Waals surface area contributed by atoms with Crippen LogP contribution >= 0.6 is 11.3 Å². The Hall–Kier alpha value is -1.65. The van der Waals surface area contributed by atoms with Crippen LogP contribution in [0.2, 0.25) is 0 Å². The van der Waals surface area contributed by atoms with Gasteiger partial charge < -0.3 is 5.32 Å². The summed E-state index contributed by atoms with van der Waals surface area (Å²) < 4.78 is 1.31. The van der Waals surface area contributed by atoms with E-state index >= 15 is 0 Å². The van der Waals surface area contributed by atoms with Gasteiger partial charge in [-0.3, -0.25) is 5.10 Å². The van der Waals surface area contributed by atoms with E-state index in [1.165, 1.54) is 20.5 Å². The molecule has 2 N–H and O–H groups in total. The molecule has 0 aliphatic carbocycles. The molecule has 2 aromatic heterocycles. The van der Waals surface area contributed by atoms with Crippen molar-refractivity contribution >= 4 is 21.4 Å². The molecular weight excluding hydrogens is 266 g/mol. The van der Waals surface area contributed by atoms with Gasteiger partial charge in [-0.15, -0.1) is 11.3 Å². The molecule has 0 aliphatic rings. The fraction of sp³-hybridized carbons (Fsp3) is 0.312. The van der Waals surface area contributed by atoms with Crippen molar-refractivity contribution in [3.8, 4) is 10.6 Å². The van der Waals surface area contributed by atoms with Crippen LogP contribution in [0.1, 0.15) is 26.3 Å². The quantitative estimate of drug-likeness (QED) is 0.758. The van der Waals surface area contributed by atoms with Crippen LogP contribution < -0.4 is 5.32 Å². The highest BCUT2D eigenvalue weighted by atomic mass is 32.1. The maximum absolute atomic E-state index is 4.21. The highest BCUT2D eigenvalue weighted by molar-refractivity contribution is 7.22. The zero-order chi connectivity index (χ0) is 14.2. The van der Waals surface area contributed by atoms with E-state index in [2.05, 4.69) is 66.6 Å². The number of benzene rings is 1. The molecule has 0 spiro atoms. The number of aromatic amines is 1. The first-order valence-corrected chi connectivity index (χ1v) is 7.61. The van der Waals surface area contributed by atoms with Gasteiger partial charge in [0.25, 0.3) is 0 Å². The van der Waals surface area contributed by atoms with E-state index in [4.69, 9.17) is 0 Å². The number of H-pyrrole nitrogens is 1. The number of nitrogens with zero attached hydrogens (tertiary/aromatic N) is 1. The van der Waals surface area contributed by atoms with Crippen molar-refractivity contribution in [2.75, 3.05) is 0 Å². The first-order chi connectivity index (χ1) is 9.53. The van der Waals surface area contributed by atoms with Crippen molar-refractivity contribution in [2.45, 2.75) is 32.9 Å². The van der Waals surface area contributed by atoms with Crippen LogP contribution in [0.3, 0.4) is 0 Å². The van der Waals surface area contributed by atoms with Crippen LogP contribution in [0, 0.1) is 0 Å². The molecule has 0 saturated carbocycles. The molecule has 2 heterocycles. The molecule has 0 bridgehead atoms. The van der Waals surface area contributed by atoms with Gasteiger partial charge in [0.1, 0.15) is 0 Å². The van der Waals surface area contributed by atoms with Crippen molar-refractivity contribution in [1.29, 1.82) is 0 Å². The number of aromatic nitrogens is 2. The molecule has 0 saturated heterocycles. The number of rotatable bonds is 3. The first kappa shape index (κ1) is 13.3. The molecular formula is C16H19N3S. The Labute approximate surface area is 123 Å². The van der Waals surface area contributed by atoms with Crippen molar-refractivity contribution in [2.24, 2.45) is 0 Å². The predicted molar refractivity (Wildman–Crippen MR) is 86.0 cm³/mol. The Balaban J connectivity index is 1.92. The van der Waals surface area contributed by atoms with Crippen LogP contribution in [0.25, 0.3) is 20.7 Å². The summed E-state index contributed by atoms with van der Waals surface area (Å²) in [6.07, 6.45) is 1.92. The Bertz CT molecular complexity index is 685. The van der Waals surface area contributed by atoms with Gasteiger partial charge in [-0.2, -0.15) is 5.10 Å². The third-order valence-corrected chi connectivity index (χ3v) is 4.33. The summed E-state index contributed by atoms with van der Waals surface area (Å²) in [5.41, 5.74) is 2.45. The maximum atomic E-state index is 4.21. The standard InChI is InChI=1S/C16H19N3S/c1-16(2,3)17-9-12-10-18-19-15(12)14-8-11-6-4-5-7-13(11)20-14/h4-8,10,17H,9H2,1-3H3,(H,18,19). The van der Waals surface area contributed by atoms with Crippen molar-refractivity contribution in [3.05, 3.63) is 42.1 Å². The summed E-state index contributed by atoms with van der Waals surface area (Å²) in [7, 11) is 0. The van der Waals surface area contributed by atoms with Gasteiger partial charge in [0, 0.05) is 22.3 Å². The highest BCUT2D eigenvalue weighted by Gasteiger charge is 2.14. The molecule has 0 fully saturated rings.